The zero-order valence-electron chi connectivity index (χ0n) is 13.6. The zero-order chi connectivity index (χ0) is 16.7. The molecule has 6 atom stereocenters. The number of hydrogen-bond donors (Lipinski definition) is 1. The van der Waals surface area contributed by atoms with Crippen LogP contribution in [0.15, 0.2) is 42.5 Å². The third-order valence-corrected chi connectivity index (χ3v) is 5.62. The highest BCUT2D eigenvalue weighted by Gasteiger charge is 2.61. The monoisotopic (exact) mass is 327 g/mol. The number of alkyl carbamates (subject to hydrolysis) is 1. The molecule has 0 aromatic heterocycles. The molecule has 126 valence electrons. The van der Waals surface area contributed by atoms with Crippen molar-refractivity contribution in [3.05, 3.63) is 48.0 Å². The largest absolute Gasteiger partial charge is 0.469 e. The molecule has 1 aromatic rings. The molecular weight excluding hydrogens is 306 g/mol. The zero-order valence-corrected chi connectivity index (χ0v) is 13.6. The van der Waals surface area contributed by atoms with Crippen LogP contribution in [0.4, 0.5) is 4.79 Å². The Hall–Kier alpha value is -2.30. The summed E-state index contributed by atoms with van der Waals surface area (Å²) in [6.45, 7) is 0.221. The molecule has 4 aliphatic carbocycles. The molecule has 24 heavy (non-hydrogen) atoms. The van der Waals surface area contributed by atoms with Crippen molar-refractivity contribution in [1.82, 2.24) is 5.32 Å². The Kier molecular flexibility index (Phi) is 3.79. The molecule has 1 N–H and O–H groups in total. The van der Waals surface area contributed by atoms with Crippen molar-refractivity contribution < 1.29 is 19.1 Å². The second kappa shape index (κ2) is 5.96. The third kappa shape index (κ3) is 2.58. The molecule has 5 heteroatoms. The topological polar surface area (TPSA) is 64.6 Å². The van der Waals surface area contributed by atoms with Crippen molar-refractivity contribution >= 4 is 12.1 Å². The summed E-state index contributed by atoms with van der Waals surface area (Å²) in [6, 6.07) is 9.31. The van der Waals surface area contributed by atoms with Gasteiger partial charge in [0.25, 0.3) is 0 Å². The molecular formula is C19H21NO4. The number of allylic oxidation sites excluding steroid dienone is 1. The second-order valence-electron chi connectivity index (χ2n) is 6.88. The summed E-state index contributed by atoms with van der Waals surface area (Å²) in [7, 11) is 1.41. The number of methoxy groups -OCH3 is 1. The van der Waals surface area contributed by atoms with Crippen molar-refractivity contribution in [3.8, 4) is 0 Å². The molecule has 4 unspecified atom stereocenters. The molecule has 0 radical (unpaired) electrons. The van der Waals surface area contributed by atoms with Gasteiger partial charge < -0.3 is 14.8 Å². The van der Waals surface area contributed by atoms with E-state index in [1.54, 1.807) is 0 Å². The Morgan fingerprint density at radius 3 is 2.58 bits per heavy atom. The number of fused-ring (bicyclic) bond motifs is 1. The smallest absolute Gasteiger partial charge is 0.407 e. The lowest BCUT2D eigenvalue weighted by Gasteiger charge is -2.43. The lowest BCUT2D eigenvalue weighted by Crippen LogP contribution is -2.55. The standard InChI is InChI=1S/C19H21NO4/c1-23-18(21)16-12-7-8-13(15-9-14(12)15)17(16)20-19(22)24-10-11-5-3-2-4-6-11/h2-8,12-17H,9-10H2,1H3,(H,20,22)/t12?,13?,14?,15?,16-,17+/m1/s1. The van der Waals surface area contributed by atoms with Crippen LogP contribution < -0.4 is 5.32 Å². The number of esters is 1. The Morgan fingerprint density at radius 2 is 1.83 bits per heavy atom. The molecule has 2 saturated carbocycles. The van der Waals surface area contributed by atoms with Crippen LogP contribution in [0, 0.1) is 29.6 Å². The Morgan fingerprint density at radius 1 is 1.12 bits per heavy atom. The van der Waals surface area contributed by atoms with E-state index in [9.17, 15) is 9.59 Å². The summed E-state index contributed by atoms with van der Waals surface area (Å²) in [5, 5.41) is 2.93. The van der Waals surface area contributed by atoms with Gasteiger partial charge in [-0.15, -0.1) is 0 Å². The van der Waals surface area contributed by atoms with Crippen molar-refractivity contribution in [1.29, 1.82) is 0 Å². The van der Waals surface area contributed by atoms with Gasteiger partial charge in [-0.25, -0.2) is 4.79 Å². The van der Waals surface area contributed by atoms with Crippen LogP contribution in [0.5, 0.6) is 0 Å². The SMILES string of the molecule is COC(=O)[C@@H]1C2C=CC(C3CC32)[C@@H]1NC(=O)OCc1ccccc1. The van der Waals surface area contributed by atoms with Gasteiger partial charge in [-0.2, -0.15) is 0 Å². The minimum absolute atomic E-state index is 0.173. The molecule has 2 fully saturated rings. The lowest BCUT2D eigenvalue weighted by atomic mass is 9.66. The van der Waals surface area contributed by atoms with E-state index < -0.39 is 6.09 Å². The van der Waals surface area contributed by atoms with Crippen LogP contribution in [-0.4, -0.2) is 25.2 Å². The summed E-state index contributed by atoms with van der Waals surface area (Å²) >= 11 is 0. The highest BCUT2D eigenvalue weighted by Crippen LogP contribution is 2.61. The Bertz CT molecular complexity index is 671. The van der Waals surface area contributed by atoms with Gasteiger partial charge in [0.05, 0.1) is 19.1 Å². The van der Waals surface area contributed by atoms with Gasteiger partial charge in [0.15, 0.2) is 0 Å². The predicted octanol–water partition coefficient (Wildman–Crippen LogP) is 2.52. The molecule has 1 aromatic carbocycles. The summed E-state index contributed by atoms with van der Waals surface area (Å²) in [6.07, 6.45) is 4.94. The van der Waals surface area contributed by atoms with Crippen molar-refractivity contribution in [2.75, 3.05) is 7.11 Å². The fraction of sp³-hybridized carbons (Fsp3) is 0.474. The van der Waals surface area contributed by atoms with Crippen LogP contribution >= 0.6 is 0 Å². The van der Waals surface area contributed by atoms with Crippen LogP contribution in [0.25, 0.3) is 0 Å². The minimum atomic E-state index is -0.476. The summed E-state index contributed by atoms with van der Waals surface area (Å²) in [4.78, 5) is 24.5. The van der Waals surface area contributed by atoms with Crippen LogP contribution in [-0.2, 0) is 20.9 Å². The van der Waals surface area contributed by atoms with E-state index in [1.165, 1.54) is 7.11 Å². The summed E-state index contributed by atoms with van der Waals surface area (Å²) in [5.41, 5.74) is 0.935. The normalized spacial score (nSPS) is 35.0. The van der Waals surface area contributed by atoms with E-state index in [4.69, 9.17) is 9.47 Å². The number of amides is 1. The highest BCUT2D eigenvalue weighted by molar-refractivity contribution is 5.77. The Balaban J connectivity index is 1.43. The van der Waals surface area contributed by atoms with Crippen LogP contribution in [0.1, 0.15) is 12.0 Å². The van der Waals surface area contributed by atoms with E-state index in [2.05, 4.69) is 17.5 Å². The van der Waals surface area contributed by atoms with Gasteiger partial charge in [0, 0.05) is 5.92 Å². The van der Waals surface area contributed by atoms with Crippen LogP contribution in [0.2, 0.25) is 0 Å². The van der Waals surface area contributed by atoms with Gasteiger partial charge in [-0.3, -0.25) is 4.79 Å². The van der Waals surface area contributed by atoms with E-state index in [-0.39, 0.29) is 36.4 Å². The quantitative estimate of drug-likeness (QED) is 0.682. The molecule has 0 heterocycles. The molecule has 1 amide bonds. The van der Waals surface area contributed by atoms with E-state index in [0.717, 1.165) is 12.0 Å². The molecule has 5 rings (SSSR count). The first-order valence-corrected chi connectivity index (χ1v) is 8.42. The molecule has 0 saturated heterocycles. The first-order valence-electron chi connectivity index (χ1n) is 8.42. The predicted molar refractivity (Wildman–Crippen MR) is 86.8 cm³/mol. The third-order valence-electron chi connectivity index (χ3n) is 5.62. The number of benzene rings is 1. The molecule has 0 spiro atoms. The number of carbonyl (C=O) groups excluding carboxylic acids is 2. The molecule has 0 aliphatic heterocycles. The van der Waals surface area contributed by atoms with Gasteiger partial charge in [0.2, 0.25) is 0 Å². The number of ether oxygens (including phenoxy) is 2. The number of hydrogen-bond acceptors (Lipinski definition) is 4. The fourth-order valence-electron chi connectivity index (χ4n) is 4.44. The van der Waals surface area contributed by atoms with E-state index in [1.807, 2.05) is 30.3 Å². The average Bonchev–Trinajstić information content (AvgIpc) is 3.42. The second-order valence-corrected chi connectivity index (χ2v) is 6.88. The first kappa shape index (κ1) is 15.2. The fourth-order valence-corrected chi connectivity index (χ4v) is 4.44. The minimum Gasteiger partial charge on any atom is -0.469 e. The summed E-state index contributed by atoms with van der Waals surface area (Å²) in [5.74, 6) is 0.981. The first-order chi connectivity index (χ1) is 11.7. The number of rotatable bonds is 4. The van der Waals surface area contributed by atoms with Crippen LogP contribution in [0.3, 0.4) is 0 Å². The van der Waals surface area contributed by atoms with Gasteiger partial charge in [-0.05, 0) is 29.7 Å². The van der Waals surface area contributed by atoms with Gasteiger partial charge in [0.1, 0.15) is 6.61 Å². The van der Waals surface area contributed by atoms with E-state index in [0.29, 0.717) is 11.8 Å². The molecule has 5 nitrogen and oxygen atoms in total. The van der Waals surface area contributed by atoms with Gasteiger partial charge >= 0.3 is 12.1 Å². The molecule has 2 bridgehead atoms. The highest BCUT2D eigenvalue weighted by atomic mass is 16.5. The van der Waals surface area contributed by atoms with Gasteiger partial charge in [-0.1, -0.05) is 42.5 Å². The average molecular weight is 327 g/mol. The van der Waals surface area contributed by atoms with E-state index >= 15 is 0 Å². The maximum absolute atomic E-state index is 12.2. The molecule has 4 aliphatic rings. The van der Waals surface area contributed by atoms with Crippen molar-refractivity contribution in [2.45, 2.75) is 19.1 Å². The van der Waals surface area contributed by atoms with Crippen molar-refractivity contribution in [2.24, 2.45) is 29.6 Å². The Labute approximate surface area is 141 Å². The number of carbonyl (C=O) groups is 2. The maximum Gasteiger partial charge on any atom is 0.407 e. The maximum atomic E-state index is 12.2. The lowest BCUT2D eigenvalue weighted by molar-refractivity contribution is -0.150. The summed E-state index contributed by atoms with van der Waals surface area (Å²) < 4.78 is 10.3. The van der Waals surface area contributed by atoms with Crippen molar-refractivity contribution in [3.63, 3.8) is 0 Å². The number of nitrogens with one attached hydrogen (secondary N) is 1.